The van der Waals surface area contributed by atoms with Crippen LogP contribution in [0.4, 0.5) is 0 Å². The lowest BCUT2D eigenvalue weighted by atomic mass is 10.3. The van der Waals surface area contributed by atoms with Crippen molar-refractivity contribution in [2.24, 2.45) is 5.16 Å². The predicted octanol–water partition coefficient (Wildman–Crippen LogP) is 2.14. The van der Waals surface area contributed by atoms with Crippen LogP contribution in [0.2, 0.25) is 0 Å². The third-order valence-corrected chi connectivity index (χ3v) is 1.19. The van der Waals surface area contributed by atoms with E-state index in [2.05, 4.69) is 5.16 Å². The van der Waals surface area contributed by atoms with Crippen LogP contribution in [-0.2, 0) is 0 Å². The van der Waals surface area contributed by atoms with E-state index in [4.69, 9.17) is 9.62 Å². The average molecular weight is 151 g/mol. The molecular weight excluding hydrogens is 142 g/mol. The van der Waals surface area contributed by atoms with E-state index in [9.17, 15) is 0 Å². The summed E-state index contributed by atoms with van der Waals surface area (Å²) >= 11 is 0. The number of rotatable bonds is 2. The fraction of sp³-hybridized carbons (Fsp3) is 0.125. The van der Waals surface area contributed by atoms with Crippen LogP contribution < -0.4 is 0 Å². The van der Waals surface area contributed by atoms with Gasteiger partial charge in [0.05, 0.1) is 12.0 Å². The Bertz CT molecular complexity index is 260. The number of allylic oxidation sites excluding steroid dienone is 1. The molecule has 1 N–H and O–H groups in total. The molecule has 0 saturated carbocycles. The van der Waals surface area contributed by atoms with Gasteiger partial charge in [-0.25, -0.2) is 0 Å². The summed E-state index contributed by atoms with van der Waals surface area (Å²) in [4.78, 5) is 0. The van der Waals surface area contributed by atoms with Crippen molar-refractivity contribution in [1.82, 2.24) is 0 Å². The Balaban J connectivity index is 2.63. The molecule has 3 nitrogen and oxygen atoms in total. The summed E-state index contributed by atoms with van der Waals surface area (Å²) in [6, 6.07) is 3.62. The molecule has 0 aliphatic carbocycles. The molecule has 0 unspecified atom stereocenters. The summed E-state index contributed by atoms with van der Waals surface area (Å²) in [6.45, 7) is 1.69. The first-order valence-electron chi connectivity index (χ1n) is 3.23. The molecule has 58 valence electrons. The van der Waals surface area contributed by atoms with Crippen LogP contribution in [0.25, 0.3) is 6.08 Å². The van der Waals surface area contributed by atoms with Crippen molar-refractivity contribution in [2.45, 2.75) is 6.92 Å². The average Bonchev–Trinajstić information content (AvgIpc) is 2.52. The van der Waals surface area contributed by atoms with E-state index in [1.54, 1.807) is 31.4 Å². The van der Waals surface area contributed by atoms with Crippen LogP contribution in [0.3, 0.4) is 0 Å². The quantitative estimate of drug-likeness (QED) is 0.400. The second kappa shape index (κ2) is 3.61. The lowest BCUT2D eigenvalue weighted by molar-refractivity contribution is 0.319. The third kappa shape index (κ3) is 2.29. The highest BCUT2D eigenvalue weighted by Crippen LogP contribution is 2.01. The van der Waals surface area contributed by atoms with Crippen LogP contribution in [-0.4, -0.2) is 10.9 Å². The molecule has 0 saturated heterocycles. The van der Waals surface area contributed by atoms with Gasteiger partial charge in [-0.05, 0) is 31.2 Å². The highest BCUT2D eigenvalue weighted by molar-refractivity contribution is 5.95. The summed E-state index contributed by atoms with van der Waals surface area (Å²) in [5.74, 6) is 0.744. The molecule has 0 aromatic carbocycles. The Kier molecular flexibility index (Phi) is 2.49. The molecule has 3 heteroatoms. The molecule has 0 aliphatic rings. The summed E-state index contributed by atoms with van der Waals surface area (Å²) in [6.07, 6.45) is 4.99. The lowest BCUT2D eigenvalue weighted by Gasteiger charge is -1.83. The van der Waals surface area contributed by atoms with Gasteiger partial charge in [0.1, 0.15) is 5.76 Å². The second-order valence-electron chi connectivity index (χ2n) is 2.09. The van der Waals surface area contributed by atoms with Crippen molar-refractivity contribution in [1.29, 1.82) is 0 Å². The minimum Gasteiger partial charge on any atom is -0.465 e. The van der Waals surface area contributed by atoms with Gasteiger partial charge >= 0.3 is 0 Å². The monoisotopic (exact) mass is 151 g/mol. The van der Waals surface area contributed by atoms with Gasteiger partial charge in [-0.1, -0.05) is 5.16 Å². The first-order chi connectivity index (χ1) is 5.33. The zero-order valence-corrected chi connectivity index (χ0v) is 6.19. The Hall–Kier alpha value is -1.51. The third-order valence-electron chi connectivity index (χ3n) is 1.19. The molecule has 0 amide bonds. The van der Waals surface area contributed by atoms with E-state index in [0.717, 1.165) is 5.76 Å². The zero-order chi connectivity index (χ0) is 8.10. The lowest BCUT2D eigenvalue weighted by Crippen LogP contribution is -1.81. The smallest absolute Gasteiger partial charge is 0.126 e. The molecule has 1 heterocycles. The first-order valence-corrected chi connectivity index (χ1v) is 3.23. The van der Waals surface area contributed by atoms with E-state index in [0.29, 0.717) is 5.71 Å². The number of oxime groups is 1. The van der Waals surface area contributed by atoms with E-state index < -0.39 is 0 Å². The number of furan rings is 1. The minimum atomic E-state index is 0.543. The standard InChI is InChI=1S/C8H9NO2/c1-7(9-10)4-5-8-3-2-6-11-8/h2-6,10H,1H3/b5-4+,9-7?. The maximum Gasteiger partial charge on any atom is 0.126 e. The predicted molar refractivity (Wildman–Crippen MR) is 42.6 cm³/mol. The fourth-order valence-corrected chi connectivity index (χ4v) is 0.622. The van der Waals surface area contributed by atoms with Gasteiger partial charge in [0, 0.05) is 0 Å². The Labute approximate surface area is 64.6 Å². The summed E-state index contributed by atoms with van der Waals surface area (Å²) in [5, 5.41) is 11.2. The van der Waals surface area contributed by atoms with Crippen LogP contribution in [0.15, 0.2) is 34.0 Å². The first kappa shape index (κ1) is 7.60. The van der Waals surface area contributed by atoms with Crippen molar-refractivity contribution in [3.05, 3.63) is 30.2 Å². The Morgan fingerprint density at radius 2 is 2.55 bits per heavy atom. The van der Waals surface area contributed by atoms with E-state index >= 15 is 0 Å². The van der Waals surface area contributed by atoms with Gasteiger partial charge in [-0.3, -0.25) is 0 Å². The van der Waals surface area contributed by atoms with Crippen LogP contribution >= 0.6 is 0 Å². The van der Waals surface area contributed by atoms with Crippen LogP contribution in [0.5, 0.6) is 0 Å². The van der Waals surface area contributed by atoms with Crippen LogP contribution in [0.1, 0.15) is 12.7 Å². The van der Waals surface area contributed by atoms with Gasteiger partial charge in [-0.2, -0.15) is 0 Å². The topological polar surface area (TPSA) is 45.7 Å². The summed E-state index contributed by atoms with van der Waals surface area (Å²) < 4.78 is 5.00. The molecule has 0 spiro atoms. The molecule has 11 heavy (non-hydrogen) atoms. The molecule has 0 atom stereocenters. The van der Waals surface area contributed by atoms with Crippen molar-refractivity contribution in [3.63, 3.8) is 0 Å². The van der Waals surface area contributed by atoms with Gasteiger partial charge in [0.25, 0.3) is 0 Å². The fourth-order valence-electron chi connectivity index (χ4n) is 0.622. The maximum absolute atomic E-state index is 8.27. The highest BCUT2D eigenvalue weighted by Gasteiger charge is 1.87. The molecule has 1 aromatic rings. The van der Waals surface area contributed by atoms with Crippen molar-refractivity contribution in [3.8, 4) is 0 Å². The molecule has 1 rings (SSSR count). The SMILES string of the molecule is CC(/C=C/c1ccco1)=NO. The Morgan fingerprint density at radius 1 is 1.73 bits per heavy atom. The normalized spacial score (nSPS) is 12.6. The number of hydrogen-bond acceptors (Lipinski definition) is 3. The van der Waals surface area contributed by atoms with E-state index in [1.807, 2.05) is 6.07 Å². The van der Waals surface area contributed by atoms with Gasteiger partial charge in [0.2, 0.25) is 0 Å². The molecule has 0 radical (unpaired) electrons. The van der Waals surface area contributed by atoms with Crippen molar-refractivity contribution in [2.75, 3.05) is 0 Å². The molecule has 0 fully saturated rings. The van der Waals surface area contributed by atoms with Gasteiger partial charge in [0.15, 0.2) is 0 Å². The maximum atomic E-state index is 8.27. The Morgan fingerprint density at radius 3 is 3.09 bits per heavy atom. The molecule has 1 aromatic heterocycles. The van der Waals surface area contributed by atoms with E-state index in [-0.39, 0.29) is 0 Å². The molecule has 0 aliphatic heterocycles. The highest BCUT2D eigenvalue weighted by atomic mass is 16.4. The number of nitrogens with zero attached hydrogens (tertiary/aromatic N) is 1. The zero-order valence-electron chi connectivity index (χ0n) is 6.19. The second-order valence-corrected chi connectivity index (χ2v) is 2.09. The van der Waals surface area contributed by atoms with Crippen molar-refractivity contribution < 1.29 is 9.62 Å². The summed E-state index contributed by atoms with van der Waals surface area (Å²) in [5.41, 5.74) is 0.543. The number of hydrogen-bond donors (Lipinski definition) is 1. The largest absolute Gasteiger partial charge is 0.465 e. The molecular formula is C8H9NO2. The van der Waals surface area contributed by atoms with Crippen molar-refractivity contribution >= 4 is 11.8 Å². The van der Waals surface area contributed by atoms with Gasteiger partial charge < -0.3 is 9.62 Å². The van der Waals surface area contributed by atoms with E-state index in [1.165, 1.54) is 0 Å². The van der Waals surface area contributed by atoms with Gasteiger partial charge in [-0.15, -0.1) is 0 Å². The summed E-state index contributed by atoms with van der Waals surface area (Å²) in [7, 11) is 0. The molecule has 0 bridgehead atoms. The van der Waals surface area contributed by atoms with Crippen LogP contribution in [0, 0.1) is 0 Å². The minimum absolute atomic E-state index is 0.543.